The minimum absolute atomic E-state index is 0.000280. The number of carbonyl (C=O) groups excluding carboxylic acids is 1. The van der Waals surface area contributed by atoms with E-state index in [2.05, 4.69) is 25.2 Å². The highest BCUT2D eigenvalue weighted by Gasteiger charge is 2.26. The number of hydrogen-bond donors (Lipinski definition) is 1. The molecule has 0 aliphatic carbocycles. The lowest BCUT2D eigenvalue weighted by Crippen LogP contribution is -2.44. The Hall–Kier alpha value is -2.50. The van der Waals surface area contributed by atoms with E-state index in [1.54, 1.807) is 18.6 Å². The number of anilines is 1. The molecule has 126 valence electrons. The van der Waals surface area contributed by atoms with Crippen molar-refractivity contribution in [1.82, 2.24) is 20.3 Å². The fourth-order valence-electron chi connectivity index (χ4n) is 2.98. The van der Waals surface area contributed by atoms with Gasteiger partial charge in [0.15, 0.2) is 0 Å². The van der Waals surface area contributed by atoms with Crippen LogP contribution in [0.5, 0.6) is 0 Å². The lowest BCUT2D eigenvalue weighted by Gasteiger charge is -2.32. The lowest BCUT2D eigenvalue weighted by molar-refractivity contribution is -0.125. The van der Waals surface area contributed by atoms with E-state index in [0.717, 1.165) is 37.4 Å². The van der Waals surface area contributed by atoms with E-state index in [0.29, 0.717) is 13.1 Å². The molecule has 1 atom stereocenters. The van der Waals surface area contributed by atoms with Crippen molar-refractivity contribution in [2.75, 3.05) is 24.5 Å². The van der Waals surface area contributed by atoms with Crippen molar-refractivity contribution in [3.8, 4) is 0 Å². The van der Waals surface area contributed by atoms with Crippen molar-refractivity contribution >= 4 is 11.9 Å². The molecule has 2 aromatic heterocycles. The van der Waals surface area contributed by atoms with Gasteiger partial charge in [-0.1, -0.05) is 0 Å². The van der Waals surface area contributed by atoms with Gasteiger partial charge in [0.25, 0.3) is 0 Å². The van der Waals surface area contributed by atoms with Gasteiger partial charge in [0.1, 0.15) is 0 Å². The molecule has 0 bridgehead atoms. The molecule has 2 aromatic rings. The number of nitrogens with one attached hydrogen (secondary N) is 1. The Labute approximate surface area is 142 Å². The number of aromatic nitrogens is 3. The van der Waals surface area contributed by atoms with Gasteiger partial charge in [-0.15, -0.1) is 0 Å². The van der Waals surface area contributed by atoms with Crippen LogP contribution in [-0.2, 0) is 11.2 Å². The summed E-state index contributed by atoms with van der Waals surface area (Å²) in [6.45, 7) is 4.20. The van der Waals surface area contributed by atoms with Gasteiger partial charge in [-0.05, 0) is 49.9 Å². The van der Waals surface area contributed by atoms with Crippen molar-refractivity contribution in [2.24, 2.45) is 5.92 Å². The zero-order chi connectivity index (χ0) is 16.8. The normalized spacial score (nSPS) is 17.5. The first kappa shape index (κ1) is 16.4. The predicted octanol–water partition coefficient (Wildman–Crippen LogP) is 1.76. The molecule has 1 N–H and O–H groups in total. The zero-order valence-electron chi connectivity index (χ0n) is 14.0. The zero-order valence-corrected chi connectivity index (χ0v) is 14.0. The van der Waals surface area contributed by atoms with Crippen LogP contribution in [0.2, 0.25) is 0 Å². The minimum Gasteiger partial charge on any atom is -0.355 e. The number of piperidine rings is 1. The summed E-state index contributed by atoms with van der Waals surface area (Å²) in [5, 5.41) is 3.06. The van der Waals surface area contributed by atoms with Crippen molar-refractivity contribution in [1.29, 1.82) is 0 Å². The monoisotopic (exact) mass is 325 g/mol. The number of nitrogens with zero attached hydrogens (tertiary/aromatic N) is 4. The van der Waals surface area contributed by atoms with Crippen molar-refractivity contribution in [2.45, 2.75) is 26.2 Å². The molecule has 1 saturated heterocycles. The summed E-state index contributed by atoms with van der Waals surface area (Å²) in [5.74, 6) is 0.853. The van der Waals surface area contributed by atoms with Crippen LogP contribution in [0.4, 0.5) is 5.95 Å². The minimum atomic E-state index is 0.000280. The van der Waals surface area contributed by atoms with Gasteiger partial charge < -0.3 is 10.2 Å². The molecule has 1 fully saturated rings. The molecule has 6 heteroatoms. The van der Waals surface area contributed by atoms with E-state index in [9.17, 15) is 4.79 Å². The second-order valence-electron chi connectivity index (χ2n) is 6.18. The van der Waals surface area contributed by atoms with Gasteiger partial charge >= 0.3 is 0 Å². The first-order valence-electron chi connectivity index (χ1n) is 8.43. The van der Waals surface area contributed by atoms with Crippen molar-refractivity contribution in [3.63, 3.8) is 0 Å². The Balaban J connectivity index is 1.51. The number of carbonyl (C=O) groups is 1. The molecule has 1 aliphatic heterocycles. The van der Waals surface area contributed by atoms with E-state index in [4.69, 9.17) is 0 Å². The van der Waals surface area contributed by atoms with E-state index in [1.165, 1.54) is 5.56 Å². The highest BCUT2D eigenvalue weighted by Crippen LogP contribution is 2.20. The quantitative estimate of drug-likeness (QED) is 0.907. The first-order chi connectivity index (χ1) is 11.7. The van der Waals surface area contributed by atoms with E-state index in [-0.39, 0.29) is 11.8 Å². The van der Waals surface area contributed by atoms with Crippen molar-refractivity contribution in [3.05, 3.63) is 48.0 Å². The average molecular weight is 325 g/mol. The summed E-state index contributed by atoms with van der Waals surface area (Å²) in [4.78, 5) is 27.4. The summed E-state index contributed by atoms with van der Waals surface area (Å²) in [7, 11) is 0. The molecule has 0 saturated carbocycles. The van der Waals surface area contributed by atoms with Crippen LogP contribution in [0, 0.1) is 12.8 Å². The van der Waals surface area contributed by atoms with Gasteiger partial charge in [0, 0.05) is 43.9 Å². The highest BCUT2D eigenvalue weighted by molar-refractivity contribution is 5.79. The summed E-state index contributed by atoms with van der Waals surface area (Å²) >= 11 is 0. The smallest absolute Gasteiger partial charge is 0.225 e. The maximum absolute atomic E-state index is 12.4. The summed E-state index contributed by atoms with van der Waals surface area (Å²) < 4.78 is 0. The highest BCUT2D eigenvalue weighted by atomic mass is 16.1. The van der Waals surface area contributed by atoms with Gasteiger partial charge in [-0.2, -0.15) is 0 Å². The van der Waals surface area contributed by atoms with Gasteiger partial charge in [0.2, 0.25) is 11.9 Å². The third-order valence-electron chi connectivity index (χ3n) is 4.32. The second-order valence-corrected chi connectivity index (χ2v) is 6.18. The molecule has 3 rings (SSSR count). The lowest BCUT2D eigenvalue weighted by atomic mass is 9.97. The van der Waals surface area contributed by atoms with Gasteiger partial charge in [-0.25, -0.2) is 9.97 Å². The number of aryl methyl sites for hydroxylation is 1. The molecule has 24 heavy (non-hydrogen) atoms. The Morgan fingerprint density at radius 3 is 2.92 bits per heavy atom. The maximum atomic E-state index is 12.4. The molecule has 1 unspecified atom stereocenters. The predicted molar refractivity (Wildman–Crippen MR) is 92.7 cm³/mol. The van der Waals surface area contributed by atoms with Gasteiger partial charge in [0.05, 0.1) is 5.92 Å². The van der Waals surface area contributed by atoms with E-state index in [1.807, 2.05) is 25.1 Å². The number of amides is 1. The van der Waals surface area contributed by atoms with Gasteiger partial charge in [-0.3, -0.25) is 9.78 Å². The standard InChI is InChI=1S/C18H23N5O/c1-14-4-10-21-18(22-14)23-12-2-3-16(13-23)17(24)20-11-7-15-5-8-19-9-6-15/h4-6,8-10,16H,2-3,7,11-13H2,1H3,(H,20,24). The van der Waals surface area contributed by atoms with Crippen LogP contribution >= 0.6 is 0 Å². The van der Waals surface area contributed by atoms with Crippen LogP contribution in [0.15, 0.2) is 36.8 Å². The van der Waals surface area contributed by atoms with Crippen LogP contribution in [0.1, 0.15) is 24.1 Å². The molecule has 0 spiro atoms. The molecular weight excluding hydrogens is 302 g/mol. The number of rotatable bonds is 5. The Kier molecular flexibility index (Phi) is 5.36. The van der Waals surface area contributed by atoms with Crippen LogP contribution < -0.4 is 10.2 Å². The fourth-order valence-corrected chi connectivity index (χ4v) is 2.98. The van der Waals surface area contributed by atoms with Crippen LogP contribution in [-0.4, -0.2) is 40.5 Å². The molecule has 3 heterocycles. The molecule has 6 nitrogen and oxygen atoms in total. The number of hydrogen-bond acceptors (Lipinski definition) is 5. The summed E-state index contributed by atoms with van der Waals surface area (Å²) in [6, 6.07) is 5.84. The Bertz CT molecular complexity index is 676. The van der Waals surface area contributed by atoms with Crippen LogP contribution in [0.25, 0.3) is 0 Å². The third-order valence-corrected chi connectivity index (χ3v) is 4.32. The summed E-state index contributed by atoms with van der Waals surface area (Å²) in [5.41, 5.74) is 2.13. The topological polar surface area (TPSA) is 71.0 Å². The largest absolute Gasteiger partial charge is 0.355 e. The summed E-state index contributed by atoms with van der Waals surface area (Å²) in [6.07, 6.45) is 8.06. The molecule has 0 aromatic carbocycles. The third kappa shape index (κ3) is 4.28. The SMILES string of the molecule is Cc1ccnc(N2CCCC(C(=O)NCCc3ccncc3)C2)n1. The van der Waals surface area contributed by atoms with Crippen LogP contribution in [0.3, 0.4) is 0 Å². The Morgan fingerprint density at radius 1 is 1.29 bits per heavy atom. The fraction of sp³-hybridized carbons (Fsp3) is 0.444. The molecule has 1 amide bonds. The average Bonchev–Trinajstić information content (AvgIpc) is 2.63. The molecular formula is C18H23N5O. The molecule has 0 radical (unpaired) electrons. The van der Waals surface area contributed by atoms with Crippen molar-refractivity contribution < 1.29 is 4.79 Å². The van der Waals surface area contributed by atoms with E-state index >= 15 is 0 Å². The number of pyridine rings is 1. The van der Waals surface area contributed by atoms with E-state index < -0.39 is 0 Å². The maximum Gasteiger partial charge on any atom is 0.225 e. The molecule has 1 aliphatic rings. The Morgan fingerprint density at radius 2 is 2.12 bits per heavy atom. The first-order valence-corrected chi connectivity index (χ1v) is 8.43. The second kappa shape index (κ2) is 7.86.